The van der Waals surface area contributed by atoms with E-state index in [1.54, 1.807) is 23.1 Å². The van der Waals surface area contributed by atoms with Crippen LogP contribution in [0.3, 0.4) is 0 Å². The maximum atomic E-state index is 13.4. The molecule has 0 spiro atoms. The van der Waals surface area contributed by atoms with Crippen LogP contribution in [0.2, 0.25) is 0 Å². The van der Waals surface area contributed by atoms with Gasteiger partial charge in [0, 0.05) is 19.6 Å². The van der Waals surface area contributed by atoms with Gasteiger partial charge in [-0.25, -0.2) is 9.18 Å². The Morgan fingerprint density at radius 1 is 1.38 bits per heavy atom. The van der Waals surface area contributed by atoms with Crippen molar-refractivity contribution in [1.29, 1.82) is 0 Å². The van der Waals surface area contributed by atoms with Gasteiger partial charge in [0.15, 0.2) is 0 Å². The lowest BCUT2D eigenvalue weighted by Crippen LogP contribution is -2.48. The summed E-state index contributed by atoms with van der Waals surface area (Å²) in [4.78, 5) is 24.8. The maximum absolute atomic E-state index is 13.4. The first-order valence-electron chi connectivity index (χ1n) is 7.13. The molecule has 0 saturated carbocycles. The molecule has 2 rings (SSSR count). The van der Waals surface area contributed by atoms with E-state index in [2.05, 4.69) is 5.32 Å². The molecule has 1 aromatic rings. The SMILES string of the molecule is NC(=O)[C@@H]1CCCN(C(=O)NCCc2ccccc2F)C1. The summed E-state index contributed by atoms with van der Waals surface area (Å²) in [6.45, 7) is 1.34. The molecule has 1 atom stereocenters. The van der Waals surface area contributed by atoms with Crippen molar-refractivity contribution in [2.45, 2.75) is 19.3 Å². The highest BCUT2D eigenvalue weighted by atomic mass is 19.1. The zero-order valence-corrected chi connectivity index (χ0v) is 11.8. The fraction of sp³-hybridized carbons (Fsp3) is 0.467. The van der Waals surface area contributed by atoms with Crippen LogP contribution in [0.5, 0.6) is 0 Å². The highest BCUT2D eigenvalue weighted by molar-refractivity contribution is 5.79. The highest BCUT2D eigenvalue weighted by Crippen LogP contribution is 2.15. The Hall–Kier alpha value is -2.11. The van der Waals surface area contributed by atoms with Crippen LogP contribution >= 0.6 is 0 Å². The van der Waals surface area contributed by atoms with Gasteiger partial charge in [0.1, 0.15) is 5.82 Å². The van der Waals surface area contributed by atoms with E-state index in [-0.39, 0.29) is 23.7 Å². The van der Waals surface area contributed by atoms with Gasteiger partial charge < -0.3 is 16.0 Å². The second kappa shape index (κ2) is 7.06. The van der Waals surface area contributed by atoms with E-state index >= 15 is 0 Å². The quantitative estimate of drug-likeness (QED) is 0.877. The number of hydrogen-bond acceptors (Lipinski definition) is 2. The van der Waals surface area contributed by atoms with Crippen LogP contribution in [-0.4, -0.2) is 36.5 Å². The summed E-state index contributed by atoms with van der Waals surface area (Å²) in [6.07, 6.45) is 1.94. The fourth-order valence-corrected chi connectivity index (χ4v) is 2.51. The Bertz CT molecular complexity index is 521. The number of nitrogens with one attached hydrogen (secondary N) is 1. The smallest absolute Gasteiger partial charge is 0.317 e. The second-order valence-corrected chi connectivity index (χ2v) is 5.26. The topological polar surface area (TPSA) is 75.4 Å². The van der Waals surface area contributed by atoms with E-state index in [1.807, 2.05) is 0 Å². The molecule has 0 radical (unpaired) electrons. The molecule has 0 aromatic heterocycles. The molecular formula is C15H20FN3O2. The summed E-state index contributed by atoms with van der Waals surface area (Å²) in [5.74, 6) is -0.895. The standard InChI is InChI=1S/C15H20FN3O2/c16-13-6-2-1-4-11(13)7-8-18-15(21)19-9-3-5-12(10-19)14(17)20/h1-2,4,6,12H,3,5,7-10H2,(H2,17,20)(H,18,21)/t12-/m1/s1. The van der Waals surface area contributed by atoms with Crippen LogP contribution in [0.4, 0.5) is 9.18 Å². The first-order chi connectivity index (χ1) is 10.1. The van der Waals surface area contributed by atoms with Crippen LogP contribution in [0.1, 0.15) is 18.4 Å². The summed E-state index contributed by atoms with van der Waals surface area (Å²) < 4.78 is 13.4. The van der Waals surface area contributed by atoms with Gasteiger partial charge in [-0.15, -0.1) is 0 Å². The zero-order valence-electron chi connectivity index (χ0n) is 11.8. The minimum absolute atomic E-state index is 0.225. The number of urea groups is 1. The first kappa shape index (κ1) is 15.3. The van der Waals surface area contributed by atoms with Crippen LogP contribution in [0.25, 0.3) is 0 Å². The van der Waals surface area contributed by atoms with Crippen molar-refractivity contribution in [3.05, 3.63) is 35.6 Å². The third-order valence-corrected chi connectivity index (χ3v) is 3.74. The molecule has 5 nitrogen and oxygen atoms in total. The number of hydrogen-bond donors (Lipinski definition) is 2. The predicted octanol–water partition coefficient (Wildman–Crippen LogP) is 1.28. The monoisotopic (exact) mass is 293 g/mol. The summed E-state index contributed by atoms with van der Waals surface area (Å²) in [6, 6.07) is 6.28. The van der Waals surface area contributed by atoms with Gasteiger partial charge in [0.05, 0.1) is 5.92 Å². The normalized spacial score (nSPS) is 18.3. The number of primary amides is 1. The molecule has 3 amide bonds. The molecule has 6 heteroatoms. The summed E-state index contributed by atoms with van der Waals surface area (Å²) in [5.41, 5.74) is 5.86. The number of nitrogens with two attached hydrogens (primary N) is 1. The number of likely N-dealkylation sites (tertiary alicyclic amines) is 1. The van der Waals surface area contributed by atoms with E-state index in [0.717, 1.165) is 12.8 Å². The van der Waals surface area contributed by atoms with E-state index < -0.39 is 0 Å². The van der Waals surface area contributed by atoms with Crippen molar-refractivity contribution in [1.82, 2.24) is 10.2 Å². The van der Waals surface area contributed by atoms with Crippen molar-refractivity contribution < 1.29 is 14.0 Å². The predicted molar refractivity (Wildman–Crippen MR) is 77.0 cm³/mol. The summed E-state index contributed by atoms with van der Waals surface area (Å²) >= 11 is 0. The number of halogens is 1. The highest BCUT2D eigenvalue weighted by Gasteiger charge is 2.26. The van der Waals surface area contributed by atoms with E-state index in [0.29, 0.717) is 31.6 Å². The van der Waals surface area contributed by atoms with Crippen LogP contribution in [0, 0.1) is 11.7 Å². The van der Waals surface area contributed by atoms with Crippen LogP contribution in [-0.2, 0) is 11.2 Å². The lowest BCUT2D eigenvalue weighted by Gasteiger charge is -2.31. The third-order valence-electron chi connectivity index (χ3n) is 3.74. The Morgan fingerprint density at radius 3 is 2.86 bits per heavy atom. The molecular weight excluding hydrogens is 273 g/mol. The van der Waals surface area contributed by atoms with Gasteiger partial charge in [0.2, 0.25) is 5.91 Å². The average molecular weight is 293 g/mol. The molecule has 114 valence electrons. The lowest BCUT2D eigenvalue weighted by atomic mass is 9.98. The molecule has 1 aromatic carbocycles. The summed E-state index contributed by atoms with van der Waals surface area (Å²) in [5, 5.41) is 2.76. The van der Waals surface area contributed by atoms with Crippen LogP contribution < -0.4 is 11.1 Å². The second-order valence-electron chi connectivity index (χ2n) is 5.26. The van der Waals surface area contributed by atoms with Crippen molar-refractivity contribution in [3.63, 3.8) is 0 Å². The molecule has 1 heterocycles. The number of rotatable bonds is 4. The maximum Gasteiger partial charge on any atom is 0.317 e. The van der Waals surface area contributed by atoms with Gasteiger partial charge in [-0.05, 0) is 30.9 Å². The molecule has 0 bridgehead atoms. The number of benzene rings is 1. The van der Waals surface area contributed by atoms with E-state index in [9.17, 15) is 14.0 Å². The van der Waals surface area contributed by atoms with Gasteiger partial charge >= 0.3 is 6.03 Å². The number of amides is 3. The molecule has 1 fully saturated rings. The lowest BCUT2D eigenvalue weighted by molar-refractivity contribution is -0.123. The number of carbonyl (C=O) groups is 2. The zero-order chi connectivity index (χ0) is 15.2. The molecule has 1 saturated heterocycles. The molecule has 0 unspecified atom stereocenters. The Labute approximate surface area is 123 Å². The van der Waals surface area contributed by atoms with E-state index in [1.165, 1.54) is 6.07 Å². The minimum Gasteiger partial charge on any atom is -0.369 e. The molecule has 3 N–H and O–H groups in total. The average Bonchev–Trinajstić information content (AvgIpc) is 2.49. The van der Waals surface area contributed by atoms with Gasteiger partial charge in [-0.3, -0.25) is 4.79 Å². The van der Waals surface area contributed by atoms with Crippen molar-refractivity contribution in [2.24, 2.45) is 11.7 Å². The number of piperidine rings is 1. The Kier molecular flexibility index (Phi) is 5.14. The van der Waals surface area contributed by atoms with Crippen LogP contribution in [0.15, 0.2) is 24.3 Å². The summed E-state index contributed by atoms with van der Waals surface area (Å²) in [7, 11) is 0. The number of nitrogens with zero attached hydrogens (tertiary/aromatic N) is 1. The molecule has 1 aliphatic heterocycles. The third kappa shape index (κ3) is 4.18. The number of carbonyl (C=O) groups excluding carboxylic acids is 2. The first-order valence-corrected chi connectivity index (χ1v) is 7.13. The molecule has 1 aliphatic rings. The molecule has 21 heavy (non-hydrogen) atoms. The fourth-order valence-electron chi connectivity index (χ4n) is 2.51. The van der Waals surface area contributed by atoms with Crippen molar-refractivity contribution in [2.75, 3.05) is 19.6 Å². The molecule has 0 aliphatic carbocycles. The minimum atomic E-state index is -0.362. The largest absolute Gasteiger partial charge is 0.369 e. The van der Waals surface area contributed by atoms with Crippen molar-refractivity contribution in [3.8, 4) is 0 Å². The van der Waals surface area contributed by atoms with E-state index in [4.69, 9.17) is 5.73 Å². The van der Waals surface area contributed by atoms with Gasteiger partial charge in [-0.1, -0.05) is 18.2 Å². The Balaban J connectivity index is 1.79. The van der Waals surface area contributed by atoms with Crippen molar-refractivity contribution >= 4 is 11.9 Å². The van der Waals surface area contributed by atoms with Gasteiger partial charge in [0.25, 0.3) is 0 Å². The van der Waals surface area contributed by atoms with Gasteiger partial charge in [-0.2, -0.15) is 0 Å². The Morgan fingerprint density at radius 2 is 2.14 bits per heavy atom.